The third-order valence-electron chi connectivity index (χ3n) is 3.15. The number of nitrogens with zero attached hydrogens (tertiary/aromatic N) is 1. The lowest BCUT2D eigenvalue weighted by Gasteiger charge is -2.30. The number of sulfonamides is 1. The Morgan fingerprint density at radius 3 is 2.83 bits per heavy atom. The third-order valence-corrected chi connectivity index (χ3v) is 5.00. The number of amides is 1. The Morgan fingerprint density at radius 2 is 2.22 bits per heavy atom. The summed E-state index contributed by atoms with van der Waals surface area (Å²) in [5.41, 5.74) is 0. The summed E-state index contributed by atoms with van der Waals surface area (Å²) in [7, 11) is -3.20. The van der Waals surface area contributed by atoms with Gasteiger partial charge in [0.05, 0.1) is 11.7 Å². The summed E-state index contributed by atoms with van der Waals surface area (Å²) < 4.78 is 24.9. The van der Waals surface area contributed by atoms with Crippen molar-refractivity contribution in [1.82, 2.24) is 9.62 Å². The summed E-state index contributed by atoms with van der Waals surface area (Å²) in [5.74, 6) is -0.301. The number of nitrogens with one attached hydrogen (secondary N) is 1. The molecule has 0 aromatic rings. The molecule has 18 heavy (non-hydrogen) atoms. The number of carbonyl (C=O) groups is 1. The fraction of sp³-hybridized carbons (Fsp3) is 0.909. The molecule has 0 aliphatic carbocycles. The van der Waals surface area contributed by atoms with Crippen LogP contribution in [0.25, 0.3) is 0 Å². The van der Waals surface area contributed by atoms with Crippen LogP contribution in [0.4, 0.5) is 0 Å². The van der Waals surface area contributed by atoms with Crippen molar-refractivity contribution >= 4 is 15.9 Å². The molecule has 1 fully saturated rings. The van der Waals surface area contributed by atoms with E-state index in [9.17, 15) is 13.2 Å². The molecular weight excluding hydrogens is 256 g/mol. The van der Waals surface area contributed by atoms with Crippen LogP contribution in [0.1, 0.15) is 26.2 Å². The van der Waals surface area contributed by atoms with E-state index in [2.05, 4.69) is 5.32 Å². The summed E-state index contributed by atoms with van der Waals surface area (Å²) in [6, 6.07) is 0. The maximum atomic E-state index is 11.8. The predicted octanol–water partition coefficient (Wildman–Crippen LogP) is -0.453. The first-order valence-electron chi connectivity index (χ1n) is 6.37. The molecule has 6 nitrogen and oxygen atoms in total. The van der Waals surface area contributed by atoms with Gasteiger partial charge in [0, 0.05) is 26.2 Å². The zero-order valence-corrected chi connectivity index (χ0v) is 11.6. The van der Waals surface area contributed by atoms with Crippen LogP contribution in [-0.2, 0) is 14.8 Å². The van der Waals surface area contributed by atoms with Crippen molar-refractivity contribution in [1.29, 1.82) is 0 Å². The van der Waals surface area contributed by atoms with E-state index in [4.69, 9.17) is 5.11 Å². The number of carbonyl (C=O) groups excluding carboxylic acids is 1. The van der Waals surface area contributed by atoms with Gasteiger partial charge in [-0.15, -0.1) is 0 Å². The fourth-order valence-electron chi connectivity index (χ4n) is 2.03. The Balaban J connectivity index is 2.51. The summed E-state index contributed by atoms with van der Waals surface area (Å²) in [4.78, 5) is 11.8. The average Bonchev–Trinajstić information content (AvgIpc) is 2.39. The lowest BCUT2D eigenvalue weighted by atomic mass is 9.99. The minimum Gasteiger partial charge on any atom is -0.396 e. The Labute approximate surface area is 108 Å². The van der Waals surface area contributed by atoms with Gasteiger partial charge in [-0.05, 0) is 26.2 Å². The van der Waals surface area contributed by atoms with Crippen molar-refractivity contribution in [3.05, 3.63) is 0 Å². The number of hydrogen-bond acceptors (Lipinski definition) is 4. The highest BCUT2D eigenvalue weighted by Crippen LogP contribution is 2.19. The quantitative estimate of drug-likeness (QED) is 0.644. The van der Waals surface area contributed by atoms with Crippen molar-refractivity contribution in [3.8, 4) is 0 Å². The number of hydrogen-bond donors (Lipinski definition) is 2. The van der Waals surface area contributed by atoms with Crippen molar-refractivity contribution in [2.45, 2.75) is 26.2 Å². The Bertz CT molecular complexity index is 369. The molecule has 1 saturated heterocycles. The highest BCUT2D eigenvalue weighted by Gasteiger charge is 2.31. The molecule has 1 aliphatic heterocycles. The molecule has 106 valence electrons. The fourth-order valence-corrected chi connectivity index (χ4v) is 3.21. The van der Waals surface area contributed by atoms with Gasteiger partial charge in [-0.3, -0.25) is 4.79 Å². The normalized spacial score (nSPS) is 21.8. The number of rotatable bonds is 6. The van der Waals surface area contributed by atoms with Crippen molar-refractivity contribution in [2.75, 3.05) is 32.0 Å². The van der Waals surface area contributed by atoms with E-state index in [1.165, 1.54) is 4.31 Å². The first kappa shape index (κ1) is 15.4. The molecule has 2 N–H and O–H groups in total. The van der Waals surface area contributed by atoms with Crippen LogP contribution >= 0.6 is 0 Å². The molecule has 1 atom stereocenters. The summed E-state index contributed by atoms with van der Waals surface area (Å²) >= 11 is 0. The second-order valence-corrected chi connectivity index (χ2v) is 6.72. The standard InChI is InChI=1S/C11H22N2O4S/c1-2-18(16,17)13-7-3-5-10(9-13)11(15)12-6-4-8-14/h10,14H,2-9H2,1H3,(H,12,15)/t10-/m1/s1. The average molecular weight is 278 g/mol. The van der Waals surface area contributed by atoms with E-state index in [-0.39, 0.29) is 30.7 Å². The van der Waals surface area contributed by atoms with Crippen molar-refractivity contribution in [3.63, 3.8) is 0 Å². The molecule has 1 rings (SSSR count). The Kier molecular flexibility index (Phi) is 6.04. The zero-order chi connectivity index (χ0) is 13.6. The maximum Gasteiger partial charge on any atom is 0.224 e. The topological polar surface area (TPSA) is 86.7 Å². The number of aliphatic hydroxyl groups excluding tert-OH is 1. The molecule has 1 heterocycles. The predicted molar refractivity (Wildman–Crippen MR) is 68.5 cm³/mol. The molecule has 0 aromatic heterocycles. The largest absolute Gasteiger partial charge is 0.396 e. The van der Waals surface area contributed by atoms with Gasteiger partial charge in [-0.1, -0.05) is 0 Å². The molecule has 1 amide bonds. The number of piperidine rings is 1. The van der Waals surface area contributed by atoms with Crippen LogP contribution in [-0.4, -0.2) is 55.7 Å². The van der Waals surface area contributed by atoms with Crippen LogP contribution in [0.5, 0.6) is 0 Å². The van der Waals surface area contributed by atoms with Crippen molar-refractivity contribution < 1.29 is 18.3 Å². The van der Waals surface area contributed by atoms with Crippen LogP contribution in [0.3, 0.4) is 0 Å². The van der Waals surface area contributed by atoms with Gasteiger partial charge in [-0.25, -0.2) is 12.7 Å². The lowest BCUT2D eigenvalue weighted by molar-refractivity contribution is -0.126. The van der Waals surface area contributed by atoms with Gasteiger partial charge >= 0.3 is 0 Å². The second-order valence-electron chi connectivity index (χ2n) is 4.47. The van der Waals surface area contributed by atoms with Crippen molar-refractivity contribution in [2.24, 2.45) is 5.92 Å². The molecule has 0 saturated carbocycles. The monoisotopic (exact) mass is 278 g/mol. The molecular formula is C11H22N2O4S. The Hall–Kier alpha value is -0.660. The second kappa shape index (κ2) is 7.06. The minimum absolute atomic E-state index is 0.0429. The van der Waals surface area contributed by atoms with Crippen LogP contribution in [0, 0.1) is 5.92 Å². The molecule has 0 unspecified atom stereocenters. The highest BCUT2D eigenvalue weighted by molar-refractivity contribution is 7.89. The van der Waals surface area contributed by atoms with Gasteiger partial charge in [0.15, 0.2) is 0 Å². The van der Waals surface area contributed by atoms with Crippen LogP contribution < -0.4 is 5.32 Å². The zero-order valence-electron chi connectivity index (χ0n) is 10.8. The van der Waals surface area contributed by atoms with E-state index >= 15 is 0 Å². The summed E-state index contributed by atoms with van der Waals surface area (Å²) in [6.07, 6.45) is 1.97. The molecule has 0 radical (unpaired) electrons. The lowest BCUT2D eigenvalue weighted by Crippen LogP contribution is -2.46. The highest BCUT2D eigenvalue weighted by atomic mass is 32.2. The molecule has 0 bridgehead atoms. The summed E-state index contributed by atoms with van der Waals surface area (Å²) in [6.45, 7) is 2.88. The van der Waals surface area contributed by atoms with Crippen LogP contribution in [0.15, 0.2) is 0 Å². The molecule has 0 spiro atoms. The number of aliphatic hydroxyl groups is 1. The van der Waals surface area contributed by atoms with Gasteiger partial charge < -0.3 is 10.4 Å². The van der Waals surface area contributed by atoms with E-state index in [0.29, 0.717) is 19.5 Å². The van der Waals surface area contributed by atoms with E-state index < -0.39 is 10.0 Å². The van der Waals surface area contributed by atoms with Crippen LogP contribution in [0.2, 0.25) is 0 Å². The van der Waals surface area contributed by atoms with Gasteiger partial charge in [-0.2, -0.15) is 0 Å². The van der Waals surface area contributed by atoms with Gasteiger partial charge in [0.1, 0.15) is 0 Å². The minimum atomic E-state index is -3.20. The summed E-state index contributed by atoms with van der Waals surface area (Å²) in [5, 5.41) is 11.4. The Morgan fingerprint density at radius 1 is 1.50 bits per heavy atom. The third kappa shape index (κ3) is 4.22. The smallest absolute Gasteiger partial charge is 0.224 e. The SMILES string of the molecule is CCS(=O)(=O)N1CCC[C@@H](C(=O)NCCCO)C1. The van der Waals surface area contributed by atoms with E-state index in [0.717, 1.165) is 12.8 Å². The van der Waals surface area contributed by atoms with Gasteiger partial charge in [0.25, 0.3) is 0 Å². The molecule has 1 aliphatic rings. The first-order valence-corrected chi connectivity index (χ1v) is 7.98. The van der Waals surface area contributed by atoms with E-state index in [1.54, 1.807) is 6.92 Å². The molecule has 7 heteroatoms. The molecule has 0 aromatic carbocycles. The van der Waals surface area contributed by atoms with E-state index in [1.807, 2.05) is 0 Å². The first-order chi connectivity index (χ1) is 8.51. The van der Waals surface area contributed by atoms with Gasteiger partial charge in [0.2, 0.25) is 15.9 Å². The maximum absolute atomic E-state index is 11.8.